The van der Waals surface area contributed by atoms with Gasteiger partial charge >= 0.3 is 0 Å². The Labute approximate surface area is 160 Å². The number of hydrogen-bond acceptors (Lipinski definition) is 5. The van der Waals surface area contributed by atoms with Gasteiger partial charge in [0.1, 0.15) is 10.3 Å². The van der Waals surface area contributed by atoms with E-state index in [1.54, 1.807) is 0 Å². The van der Waals surface area contributed by atoms with Crippen molar-refractivity contribution in [3.63, 3.8) is 0 Å². The van der Waals surface area contributed by atoms with Gasteiger partial charge in [-0.3, -0.25) is 9.36 Å². The number of H-pyrrole nitrogens is 1. The normalized spacial score (nSPS) is 11.5. The van der Waals surface area contributed by atoms with Crippen LogP contribution in [-0.2, 0) is 6.54 Å². The Kier molecular flexibility index (Phi) is 5.63. The molecule has 3 aromatic rings. The van der Waals surface area contributed by atoms with Crippen molar-refractivity contribution in [1.29, 1.82) is 0 Å². The quantitative estimate of drug-likeness (QED) is 0.645. The summed E-state index contributed by atoms with van der Waals surface area (Å²) in [6.07, 6.45) is 0. The molecule has 5 nitrogen and oxygen atoms in total. The molecule has 1 N–H and O–H groups in total. The number of likely N-dealkylation sites (N-methyl/N-ethyl adjacent to an activating group) is 1. The van der Waals surface area contributed by atoms with Crippen molar-refractivity contribution >= 4 is 46.1 Å². The van der Waals surface area contributed by atoms with Crippen molar-refractivity contribution in [3.8, 4) is 5.69 Å². The highest BCUT2D eigenvalue weighted by molar-refractivity contribution is 7.73. The van der Waals surface area contributed by atoms with Gasteiger partial charge in [-0.25, -0.2) is 0 Å². The van der Waals surface area contributed by atoms with Crippen LogP contribution in [0.1, 0.15) is 13.8 Å². The van der Waals surface area contributed by atoms with Gasteiger partial charge in [0.15, 0.2) is 8.73 Å². The molecule has 2 aromatic heterocycles. The molecule has 0 aliphatic carbocycles. The molecule has 132 valence electrons. The first kappa shape index (κ1) is 18.2. The van der Waals surface area contributed by atoms with E-state index < -0.39 is 0 Å². The van der Waals surface area contributed by atoms with E-state index in [-0.39, 0.29) is 5.56 Å². The lowest BCUT2D eigenvalue weighted by molar-refractivity contribution is 0.291. The zero-order valence-electron chi connectivity index (χ0n) is 14.2. The number of rotatable bonds is 6. The highest BCUT2D eigenvalue weighted by Gasteiger charge is 2.14. The molecule has 0 radical (unpaired) electrons. The zero-order valence-corrected chi connectivity index (χ0v) is 16.6. The Hall–Kier alpha value is -1.61. The van der Waals surface area contributed by atoms with E-state index in [1.165, 1.54) is 15.9 Å². The molecule has 2 heterocycles. The van der Waals surface area contributed by atoms with Gasteiger partial charge in [0.25, 0.3) is 5.56 Å². The summed E-state index contributed by atoms with van der Waals surface area (Å²) in [6, 6.07) is 9.42. The fraction of sp³-hybridized carbons (Fsp3) is 0.353. The second-order valence-corrected chi connectivity index (χ2v) is 7.66. The molecule has 0 atom stereocenters. The smallest absolute Gasteiger partial charge is 0.278 e. The van der Waals surface area contributed by atoms with Gasteiger partial charge in [-0.1, -0.05) is 43.4 Å². The Morgan fingerprint density at radius 1 is 1.16 bits per heavy atom. The van der Waals surface area contributed by atoms with E-state index in [4.69, 9.17) is 24.4 Å². The van der Waals surface area contributed by atoms with Crippen LogP contribution in [0.4, 0.5) is 0 Å². The molecule has 0 fully saturated rings. The van der Waals surface area contributed by atoms with E-state index in [0.29, 0.717) is 13.4 Å². The monoisotopic (exact) mass is 392 g/mol. The maximum absolute atomic E-state index is 13.0. The molecule has 0 amide bonds. The standard InChI is InChI=1S/C17H20N4OS3/c1-3-19(4-2)10-11-20-14-13(25-17(20)24)15(22)21(16(23)18-14)12-8-6-5-7-9-12/h5-9H,3-4,10-11H2,1-2H3,(H,18,23). The number of nitrogens with one attached hydrogen (secondary N) is 1. The summed E-state index contributed by atoms with van der Waals surface area (Å²) in [7, 11) is 0. The van der Waals surface area contributed by atoms with E-state index >= 15 is 0 Å². The number of thiazole rings is 1. The van der Waals surface area contributed by atoms with E-state index in [9.17, 15) is 4.79 Å². The molecule has 0 saturated carbocycles. The van der Waals surface area contributed by atoms with Crippen molar-refractivity contribution in [2.45, 2.75) is 20.4 Å². The second-order valence-electron chi connectivity index (χ2n) is 5.63. The maximum Gasteiger partial charge on any atom is 0.278 e. The lowest BCUT2D eigenvalue weighted by Crippen LogP contribution is -2.27. The van der Waals surface area contributed by atoms with Gasteiger partial charge in [-0.05, 0) is 49.7 Å². The van der Waals surface area contributed by atoms with Crippen LogP contribution in [0.25, 0.3) is 16.0 Å². The predicted molar refractivity (Wildman–Crippen MR) is 109 cm³/mol. The molecule has 1 aromatic carbocycles. The number of para-hydroxylation sites is 1. The molecule has 0 spiro atoms. The van der Waals surface area contributed by atoms with E-state index in [0.717, 1.165) is 37.5 Å². The number of aromatic amines is 1. The van der Waals surface area contributed by atoms with Gasteiger partial charge in [-0.2, -0.15) is 0 Å². The fourth-order valence-electron chi connectivity index (χ4n) is 2.82. The first-order chi connectivity index (χ1) is 12.1. The summed E-state index contributed by atoms with van der Waals surface area (Å²) in [4.78, 5) is 18.5. The number of benzene rings is 1. The van der Waals surface area contributed by atoms with Gasteiger partial charge < -0.3 is 14.5 Å². The van der Waals surface area contributed by atoms with Crippen molar-refractivity contribution in [3.05, 3.63) is 49.4 Å². The van der Waals surface area contributed by atoms with Gasteiger partial charge in [0.05, 0.1) is 5.69 Å². The summed E-state index contributed by atoms with van der Waals surface area (Å²) < 4.78 is 5.20. The van der Waals surface area contributed by atoms with Gasteiger partial charge in [-0.15, -0.1) is 0 Å². The molecule has 0 saturated heterocycles. The number of nitrogens with zero attached hydrogens (tertiary/aromatic N) is 3. The van der Waals surface area contributed by atoms with Gasteiger partial charge in [0, 0.05) is 13.1 Å². The molecular formula is C17H20N4OS3. The van der Waals surface area contributed by atoms with E-state index in [2.05, 4.69) is 23.7 Å². The minimum Gasteiger partial charge on any atom is -0.317 e. The average molecular weight is 393 g/mol. The van der Waals surface area contributed by atoms with Crippen molar-refractivity contribution in [1.82, 2.24) is 19.0 Å². The van der Waals surface area contributed by atoms with Crippen LogP contribution < -0.4 is 5.56 Å². The highest BCUT2D eigenvalue weighted by Crippen LogP contribution is 2.19. The lowest BCUT2D eigenvalue weighted by atomic mass is 10.3. The molecule has 0 aliphatic heterocycles. The fourth-order valence-corrected chi connectivity index (χ4v) is 4.44. The molecule has 8 heteroatoms. The maximum atomic E-state index is 13.0. The third-order valence-electron chi connectivity index (χ3n) is 4.27. The largest absolute Gasteiger partial charge is 0.317 e. The average Bonchev–Trinajstić information content (AvgIpc) is 2.93. The summed E-state index contributed by atoms with van der Waals surface area (Å²) in [5.41, 5.74) is 1.36. The molecule has 0 bridgehead atoms. The van der Waals surface area contributed by atoms with Crippen molar-refractivity contribution in [2.24, 2.45) is 0 Å². The third-order valence-corrected chi connectivity index (χ3v) is 5.99. The Morgan fingerprint density at radius 2 is 1.84 bits per heavy atom. The van der Waals surface area contributed by atoms with Crippen LogP contribution >= 0.6 is 35.8 Å². The highest BCUT2D eigenvalue weighted by atomic mass is 32.1. The first-order valence-electron chi connectivity index (χ1n) is 8.23. The minimum atomic E-state index is -0.123. The molecule has 0 unspecified atom stereocenters. The topological polar surface area (TPSA) is 46.0 Å². The van der Waals surface area contributed by atoms with Gasteiger partial charge in [0.2, 0.25) is 0 Å². The van der Waals surface area contributed by atoms with Crippen LogP contribution in [0.5, 0.6) is 0 Å². The molecular weight excluding hydrogens is 372 g/mol. The molecule has 25 heavy (non-hydrogen) atoms. The first-order valence-corrected chi connectivity index (χ1v) is 9.86. The number of fused-ring (bicyclic) bond motifs is 1. The predicted octanol–water partition coefficient (Wildman–Crippen LogP) is 3.98. The summed E-state index contributed by atoms with van der Waals surface area (Å²) in [5, 5.41) is 0. The van der Waals surface area contributed by atoms with Crippen LogP contribution in [0, 0.1) is 8.73 Å². The summed E-state index contributed by atoms with van der Waals surface area (Å²) in [6.45, 7) is 7.88. The summed E-state index contributed by atoms with van der Waals surface area (Å²) >= 11 is 12.3. The van der Waals surface area contributed by atoms with Crippen LogP contribution in [-0.4, -0.2) is 38.7 Å². The second kappa shape index (κ2) is 7.74. The van der Waals surface area contributed by atoms with Crippen LogP contribution in [0.2, 0.25) is 0 Å². The van der Waals surface area contributed by atoms with Crippen LogP contribution in [0.15, 0.2) is 35.1 Å². The lowest BCUT2D eigenvalue weighted by Gasteiger charge is -2.18. The molecule has 0 aliphatic rings. The number of hydrogen-bond donors (Lipinski definition) is 1. The SMILES string of the molecule is CCN(CC)CCn1c(=S)sc2c(=O)n(-c3ccccc3)c(=S)[nH]c21. The Bertz CT molecular complexity index is 1040. The summed E-state index contributed by atoms with van der Waals surface area (Å²) in [5.74, 6) is 0. The zero-order chi connectivity index (χ0) is 18.0. The van der Waals surface area contributed by atoms with E-state index in [1.807, 2.05) is 34.9 Å². The Morgan fingerprint density at radius 3 is 2.48 bits per heavy atom. The van der Waals surface area contributed by atoms with Crippen molar-refractivity contribution < 1.29 is 0 Å². The Balaban J connectivity index is 2.12. The molecule has 3 rings (SSSR count). The third kappa shape index (κ3) is 3.52. The number of aromatic nitrogens is 3. The van der Waals surface area contributed by atoms with Crippen molar-refractivity contribution in [2.75, 3.05) is 19.6 Å². The minimum absolute atomic E-state index is 0.123. The van der Waals surface area contributed by atoms with Crippen LogP contribution in [0.3, 0.4) is 0 Å².